The molecule has 0 saturated heterocycles. The molecule has 0 unspecified atom stereocenters. The third kappa shape index (κ3) is 2.59. The van der Waals surface area contributed by atoms with Crippen molar-refractivity contribution in [2.45, 2.75) is 26.2 Å². The van der Waals surface area contributed by atoms with E-state index in [2.05, 4.69) is 34.0 Å². The molecule has 114 valence electrons. The molecule has 2 heterocycles. The summed E-state index contributed by atoms with van der Waals surface area (Å²) >= 11 is 0. The summed E-state index contributed by atoms with van der Waals surface area (Å²) in [6.07, 6.45) is 0.648. The maximum atomic E-state index is 5.87. The van der Waals surface area contributed by atoms with Gasteiger partial charge in [0.15, 0.2) is 0 Å². The molecule has 6 nitrogen and oxygen atoms in total. The standard InChI is InChI=1S/C16H19N5O/c1-9(2)13-15-14(21-20-13)12(18-16(17)19-15)8-10-4-6-11(22-3)7-5-10/h4-7,9H,8H2,1-3H3,(H,20,21)(H2,17,18,19). The highest BCUT2D eigenvalue weighted by Crippen LogP contribution is 2.25. The summed E-state index contributed by atoms with van der Waals surface area (Å²) in [4.78, 5) is 8.70. The van der Waals surface area contributed by atoms with Gasteiger partial charge in [0.1, 0.15) is 16.8 Å². The predicted molar refractivity (Wildman–Crippen MR) is 86.0 cm³/mol. The lowest BCUT2D eigenvalue weighted by Crippen LogP contribution is -2.02. The van der Waals surface area contributed by atoms with Crippen molar-refractivity contribution in [3.63, 3.8) is 0 Å². The molecule has 0 saturated carbocycles. The van der Waals surface area contributed by atoms with Gasteiger partial charge in [0.05, 0.1) is 18.5 Å². The highest BCUT2D eigenvalue weighted by molar-refractivity contribution is 5.80. The molecule has 0 bridgehead atoms. The number of aromatic nitrogens is 4. The number of methoxy groups -OCH3 is 1. The summed E-state index contributed by atoms with van der Waals surface area (Å²) in [6, 6.07) is 7.89. The zero-order valence-electron chi connectivity index (χ0n) is 12.9. The normalized spacial score (nSPS) is 11.3. The number of ether oxygens (including phenoxy) is 1. The number of rotatable bonds is 4. The van der Waals surface area contributed by atoms with Gasteiger partial charge < -0.3 is 10.5 Å². The van der Waals surface area contributed by atoms with Gasteiger partial charge in [0, 0.05) is 6.42 Å². The second kappa shape index (κ2) is 5.63. The Morgan fingerprint density at radius 2 is 1.86 bits per heavy atom. The molecule has 2 aromatic heterocycles. The third-order valence-electron chi connectivity index (χ3n) is 3.62. The Morgan fingerprint density at radius 1 is 1.14 bits per heavy atom. The van der Waals surface area contributed by atoms with Gasteiger partial charge in [-0.3, -0.25) is 5.10 Å². The summed E-state index contributed by atoms with van der Waals surface area (Å²) in [5.74, 6) is 1.41. The van der Waals surface area contributed by atoms with Crippen LogP contribution in [-0.2, 0) is 6.42 Å². The molecule has 0 spiro atoms. The minimum Gasteiger partial charge on any atom is -0.497 e. The minimum atomic E-state index is 0.277. The van der Waals surface area contributed by atoms with E-state index in [1.54, 1.807) is 7.11 Å². The average Bonchev–Trinajstić information content (AvgIpc) is 2.92. The van der Waals surface area contributed by atoms with Gasteiger partial charge in [0.2, 0.25) is 5.95 Å². The first-order chi connectivity index (χ1) is 10.6. The topological polar surface area (TPSA) is 89.7 Å². The lowest BCUT2D eigenvalue weighted by molar-refractivity contribution is 0.414. The van der Waals surface area contributed by atoms with Crippen molar-refractivity contribution in [1.82, 2.24) is 20.2 Å². The van der Waals surface area contributed by atoms with E-state index >= 15 is 0 Å². The molecule has 3 rings (SSSR count). The van der Waals surface area contributed by atoms with Crippen molar-refractivity contribution in [2.24, 2.45) is 0 Å². The monoisotopic (exact) mass is 297 g/mol. The number of hydrogen-bond acceptors (Lipinski definition) is 5. The number of nitrogens with one attached hydrogen (secondary N) is 1. The summed E-state index contributed by atoms with van der Waals surface area (Å²) < 4.78 is 5.18. The highest BCUT2D eigenvalue weighted by atomic mass is 16.5. The maximum absolute atomic E-state index is 5.87. The number of hydrogen-bond donors (Lipinski definition) is 2. The van der Waals surface area contributed by atoms with Crippen LogP contribution in [0.5, 0.6) is 5.75 Å². The van der Waals surface area contributed by atoms with Crippen molar-refractivity contribution in [2.75, 3.05) is 12.8 Å². The number of anilines is 1. The molecule has 0 atom stereocenters. The molecule has 0 aliphatic carbocycles. The lowest BCUT2D eigenvalue weighted by Gasteiger charge is -2.06. The van der Waals surface area contributed by atoms with Crippen LogP contribution in [0.2, 0.25) is 0 Å². The van der Waals surface area contributed by atoms with Crippen molar-refractivity contribution in [3.05, 3.63) is 41.2 Å². The van der Waals surface area contributed by atoms with Crippen molar-refractivity contribution in [1.29, 1.82) is 0 Å². The Morgan fingerprint density at radius 3 is 2.50 bits per heavy atom. The Bertz CT molecular complexity index is 792. The molecule has 0 fully saturated rings. The van der Waals surface area contributed by atoms with E-state index in [-0.39, 0.29) is 5.95 Å². The Hall–Kier alpha value is -2.63. The van der Waals surface area contributed by atoms with Gasteiger partial charge in [-0.2, -0.15) is 5.10 Å². The van der Waals surface area contributed by atoms with E-state index in [0.717, 1.165) is 33.7 Å². The number of aromatic amines is 1. The quantitative estimate of drug-likeness (QED) is 0.772. The zero-order valence-corrected chi connectivity index (χ0v) is 12.9. The smallest absolute Gasteiger partial charge is 0.220 e. The van der Waals surface area contributed by atoms with E-state index in [1.807, 2.05) is 24.3 Å². The van der Waals surface area contributed by atoms with Gasteiger partial charge in [-0.05, 0) is 23.6 Å². The Labute approximate surface area is 128 Å². The first-order valence-electron chi connectivity index (χ1n) is 7.21. The molecule has 3 aromatic rings. The van der Waals surface area contributed by atoms with Gasteiger partial charge in [-0.1, -0.05) is 26.0 Å². The average molecular weight is 297 g/mol. The summed E-state index contributed by atoms with van der Waals surface area (Å²) in [5.41, 5.74) is 10.4. The summed E-state index contributed by atoms with van der Waals surface area (Å²) in [6.45, 7) is 4.18. The van der Waals surface area contributed by atoms with E-state index in [9.17, 15) is 0 Å². The highest BCUT2D eigenvalue weighted by Gasteiger charge is 2.16. The van der Waals surface area contributed by atoms with E-state index in [0.29, 0.717) is 12.3 Å². The van der Waals surface area contributed by atoms with Crippen LogP contribution >= 0.6 is 0 Å². The minimum absolute atomic E-state index is 0.277. The first-order valence-corrected chi connectivity index (χ1v) is 7.21. The fraction of sp³-hybridized carbons (Fsp3) is 0.312. The van der Waals surface area contributed by atoms with E-state index in [1.165, 1.54) is 0 Å². The van der Waals surface area contributed by atoms with Gasteiger partial charge in [-0.15, -0.1) is 0 Å². The third-order valence-corrected chi connectivity index (χ3v) is 3.62. The molecule has 0 aliphatic heterocycles. The van der Waals surface area contributed by atoms with Crippen molar-refractivity contribution in [3.8, 4) is 5.75 Å². The largest absolute Gasteiger partial charge is 0.497 e. The van der Waals surface area contributed by atoms with Crippen LogP contribution < -0.4 is 10.5 Å². The molecule has 1 aromatic carbocycles. The van der Waals surface area contributed by atoms with Crippen LogP contribution in [0.1, 0.15) is 36.7 Å². The van der Waals surface area contributed by atoms with Crippen LogP contribution in [0.25, 0.3) is 11.0 Å². The number of nitrogens with zero attached hydrogens (tertiary/aromatic N) is 3. The van der Waals surface area contributed by atoms with Crippen LogP contribution in [0, 0.1) is 0 Å². The number of nitrogen functional groups attached to an aromatic ring is 1. The maximum Gasteiger partial charge on any atom is 0.220 e. The van der Waals surface area contributed by atoms with E-state index < -0.39 is 0 Å². The van der Waals surface area contributed by atoms with Gasteiger partial charge in [0.25, 0.3) is 0 Å². The lowest BCUT2D eigenvalue weighted by atomic mass is 10.1. The molecule has 0 radical (unpaired) electrons. The van der Waals surface area contributed by atoms with Crippen LogP contribution in [0.15, 0.2) is 24.3 Å². The van der Waals surface area contributed by atoms with E-state index in [4.69, 9.17) is 10.5 Å². The second-order valence-electron chi connectivity index (χ2n) is 5.54. The second-order valence-corrected chi connectivity index (χ2v) is 5.54. The zero-order chi connectivity index (χ0) is 15.7. The molecule has 22 heavy (non-hydrogen) atoms. The Kier molecular flexibility index (Phi) is 3.66. The van der Waals surface area contributed by atoms with Gasteiger partial charge in [-0.25, -0.2) is 9.97 Å². The molecule has 0 aliphatic rings. The number of nitrogens with two attached hydrogens (primary N) is 1. The molecule has 0 amide bonds. The number of fused-ring (bicyclic) bond motifs is 1. The fourth-order valence-electron chi connectivity index (χ4n) is 2.46. The van der Waals surface area contributed by atoms with Crippen LogP contribution in [0.3, 0.4) is 0 Å². The number of benzene rings is 1. The van der Waals surface area contributed by atoms with Crippen molar-refractivity contribution >= 4 is 17.0 Å². The number of H-pyrrole nitrogens is 1. The molecular weight excluding hydrogens is 278 g/mol. The molecule has 6 heteroatoms. The first kappa shape index (κ1) is 14.3. The predicted octanol–water partition coefficient (Wildman–Crippen LogP) is 2.66. The summed E-state index contributed by atoms with van der Waals surface area (Å²) in [7, 11) is 1.65. The van der Waals surface area contributed by atoms with Gasteiger partial charge >= 0.3 is 0 Å². The van der Waals surface area contributed by atoms with Crippen LogP contribution in [0.4, 0.5) is 5.95 Å². The molecular formula is C16H19N5O. The van der Waals surface area contributed by atoms with Crippen molar-refractivity contribution < 1.29 is 4.74 Å². The fourth-order valence-corrected chi connectivity index (χ4v) is 2.46. The summed E-state index contributed by atoms with van der Waals surface area (Å²) in [5, 5.41) is 7.44. The molecule has 3 N–H and O–H groups in total. The SMILES string of the molecule is COc1ccc(Cc2nc(N)nc3c(C(C)C)[nH]nc23)cc1. The Balaban J connectivity index is 2.02. The van der Waals surface area contributed by atoms with Crippen LogP contribution in [-0.4, -0.2) is 27.3 Å².